The van der Waals surface area contributed by atoms with Crippen LogP contribution in [0.4, 0.5) is 0 Å². The van der Waals surface area contributed by atoms with E-state index >= 15 is 0 Å². The Labute approximate surface area is 498 Å². The summed E-state index contributed by atoms with van der Waals surface area (Å²) in [6.45, 7) is 11.6. The average molecular weight is 1210 g/mol. The minimum atomic E-state index is -4.94. The fourth-order valence-corrected chi connectivity index (χ4v) is 10.9. The minimum absolute atomic E-state index is 0.103. The Morgan fingerprint density at radius 1 is 0.329 bits per heavy atom. The van der Waals surface area contributed by atoms with Crippen LogP contribution in [-0.2, 0) is 65.4 Å². The molecular weight excluding hydrogens is 1090 g/mol. The van der Waals surface area contributed by atoms with Crippen LogP contribution in [0.25, 0.3) is 0 Å². The van der Waals surface area contributed by atoms with Crippen LogP contribution >= 0.6 is 15.6 Å². The normalized spacial score (nSPS) is 14.4. The molecule has 5 atom stereocenters. The highest BCUT2D eigenvalue weighted by atomic mass is 31.2. The molecule has 19 heteroatoms. The summed E-state index contributed by atoms with van der Waals surface area (Å²) in [6.07, 6.45) is 35.1. The lowest BCUT2D eigenvalue weighted by Gasteiger charge is -2.21. The summed E-state index contributed by atoms with van der Waals surface area (Å²) >= 11 is 0. The van der Waals surface area contributed by atoms with Gasteiger partial charge in [-0.05, 0) is 43.4 Å². The molecule has 0 aromatic rings. The largest absolute Gasteiger partial charge is 0.472 e. The predicted octanol–water partition coefficient (Wildman–Crippen LogP) is 17.1. The molecule has 0 aliphatic rings. The number of aliphatic hydroxyl groups excluding tert-OH is 1. The Morgan fingerprint density at radius 3 is 0.829 bits per heavy atom. The minimum Gasteiger partial charge on any atom is -0.462 e. The highest BCUT2D eigenvalue weighted by Crippen LogP contribution is 2.45. The van der Waals surface area contributed by atoms with Crippen LogP contribution in [-0.4, -0.2) is 96.7 Å². The summed E-state index contributed by atoms with van der Waals surface area (Å²) in [7, 11) is -9.88. The van der Waals surface area contributed by atoms with Crippen molar-refractivity contribution in [3.05, 3.63) is 0 Å². The van der Waals surface area contributed by atoms with Gasteiger partial charge in [-0.3, -0.25) is 37.3 Å². The lowest BCUT2D eigenvalue weighted by atomic mass is 10.0. The van der Waals surface area contributed by atoms with E-state index in [9.17, 15) is 43.2 Å². The van der Waals surface area contributed by atoms with Crippen LogP contribution in [0.3, 0.4) is 0 Å². The quantitative estimate of drug-likeness (QED) is 0.0222. The summed E-state index contributed by atoms with van der Waals surface area (Å²) in [5, 5.41) is 10.5. The van der Waals surface area contributed by atoms with Gasteiger partial charge in [0.1, 0.15) is 19.3 Å². The van der Waals surface area contributed by atoms with Crippen molar-refractivity contribution in [3.8, 4) is 0 Å². The van der Waals surface area contributed by atoms with Crippen LogP contribution in [0.1, 0.15) is 305 Å². The summed E-state index contributed by atoms with van der Waals surface area (Å²) in [6, 6.07) is 0. The highest BCUT2D eigenvalue weighted by molar-refractivity contribution is 7.47. The van der Waals surface area contributed by atoms with Crippen molar-refractivity contribution < 1.29 is 80.2 Å². The van der Waals surface area contributed by atoms with Gasteiger partial charge >= 0.3 is 39.5 Å². The van der Waals surface area contributed by atoms with Crippen molar-refractivity contribution in [1.82, 2.24) is 0 Å². The molecule has 0 aliphatic heterocycles. The first-order valence-electron chi connectivity index (χ1n) is 32.8. The first kappa shape index (κ1) is 80.1. The second-order valence-electron chi connectivity index (χ2n) is 24.2. The van der Waals surface area contributed by atoms with Gasteiger partial charge in [0.25, 0.3) is 0 Å². The van der Waals surface area contributed by atoms with E-state index in [1.807, 2.05) is 0 Å². The maximum atomic E-state index is 13.0. The number of carbonyl (C=O) groups is 4. The molecular formula is C63H122O17P2. The molecule has 0 radical (unpaired) electrons. The molecule has 0 aliphatic carbocycles. The van der Waals surface area contributed by atoms with E-state index in [1.165, 1.54) is 103 Å². The molecule has 0 saturated carbocycles. The number of hydrogen-bond donors (Lipinski definition) is 3. The molecule has 0 saturated heterocycles. The van der Waals surface area contributed by atoms with Crippen LogP contribution in [0, 0.1) is 17.8 Å². The first-order valence-corrected chi connectivity index (χ1v) is 35.8. The zero-order valence-corrected chi connectivity index (χ0v) is 54.7. The van der Waals surface area contributed by atoms with E-state index in [2.05, 4.69) is 48.5 Å². The number of rotatable bonds is 61. The fourth-order valence-electron chi connectivity index (χ4n) is 9.30. The number of ether oxygens (including phenoxy) is 4. The molecule has 0 aromatic carbocycles. The van der Waals surface area contributed by atoms with Crippen molar-refractivity contribution >= 4 is 39.5 Å². The van der Waals surface area contributed by atoms with E-state index in [-0.39, 0.29) is 25.7 Å². The number of carbonyl (C=O) groups excluding carboxylic acids is 4. The van der Waals surface area contributed by atoms with Crippen LogP contribution < -0.4 is 0 Å². The molecule has 0 bridgehead atoms. The van der Waals surface area contributed by atoms with Gasteiger partial charge < -0.3 is 33.8 Å². The second-order valence-corrected chi connectivity index (χ2v) is 27.1. The summed E-state index contributed by atoms with van der Waals surface area (Å²) in [5.41, 5.74) is 0. The van der Waals surface area contributed by atoms with Crippen LogP contribution in [0.5, 0.6) is 0 Å². The van der Waals surface area contributed by atoms with Crippen molar-refractivity contribution in [2.24, 2.45) is 17.8 Å². The maximum absolute atomic E-state index is 13.0. The lowest BCUT2D eigenvalue weighted by molar-refractivity contribution is -0.161. The molecule has 3 N–H and O–H groups in total. The molecule has 0 spiro atoms. The van der Waals surface area contributed by atoms with Gasteiger partial charge in [0.05, 0.1) is 26.4 Å². The SMILES string of the molecule is CCCCCCCCCC(=O)OC[C@H](COP(=O)(O)OC[C@H](O)COP(=O)(O)OC[C@@H](COC(=O)CCCCCCCCCCC(C)C)OC(=O)CCCCCCCCCCCCCC(C)C)OC(=O)CCCCCCCCCC(C)C. The van der Waals surface area contributed by atoms with Gasteiger partial charge in [-0.15, -0.1) is 0 Å². The van der Waals surface area contributed by atoms with Gasteiger partial charge in [0.2, 0.25) is 0 Å². The molecule has 0 rings (SSSR count). The number of esters is 4. The van der Waals surface area contributed by atoms with Crippen molar-refractivity contribution in [2.75, 3.05) is 39.6 Å². The number of aliphatic hydroxyl groups is 1. The monoisotopic (exact) mass is 1210 g/mol. The second kappa shape index (κ2) is 54.5. The third kappa shape index (κ3) is 57.2. The topological polar surface area (TPSA) is 237 Å². The van der Waals surface area contributed by atoms with Gasteiger partial charge in [-0.1, -0.05) is 254 Å². The van der Waals surface area contributed by atoms with E-state index in [0.29, 0.717) is 31.6 Å². The van der Waals surface area contributed by atoms with Crippen molar-refractivity contribution in [2.45, 2.75) is 324 Å². The van der Waals surface area contributed by atoms with Gasteiger partial charge in [-0.25, -0.2) is 9.13 Å². The van der Waals surface area contributed by atoms with Gasteiger partial charge in [0, 0.05) is 25.7 Å². The van der Waals surface area contributed by atoms with E-state index in [1.54, 1.807) is 0 Å². The zero-order chi connectivity index (χ0) is 61.0. The summed E-state index contributed by atoms with van der Waals surface area (Å²) < 4.78 is 67.9. The van der Waals surface area contributed by atoms with E-state index < -0.39 is 97.5 Å². The lowest BCUT2D eigenvalue weighted by Crippen LogP contribution is -2.30. The van der Waals surface area contributed by atoms with Crippen LogP contribution in [0.15, 0.2) is 0 Å². The zero-order valence-electron chi connectivity index (χ0n) is 52.9. The van der Waals surface area contributed by atoms with E-state index in [0.717, 1.165) is 115 Å². The molecule has 0 aromatic heterocycles. The van der Waals surface area contributed by atoms with Gasteiger partial charge in [0.15, 0.2) is 12.2 Å². The molecule has 0 heterocycles. The van der Waals surface area contributed by atoms with Crippen molar-refractivity contribution in [1.29, 1.82) is 0 Å². The molecule has 0 fully saturated rings. The molecule has 486 valence electrons. The summed E-state index contributed by atoms with van der Waals surface area (Å²) in [5.74, 6) is 0.0444. The van der Waals surface area contributed by atoms with Crippen molar-refractivity contribution in [3.63, 3.8) is 0 Å². The van der Waals surface area contributed by atoms with E-state index in [4.69, 9.17) is 37.0 Å². The molecule has 17 nitrogen and oxygen atoms in total. The standard InChI is InChI=1S/C63H122O17P2/c1-8-9-10-11-20-30-37-44-60(65)73-50-58(80-63(68)47-40-33-26-19-23-29-36-43-56(6)7)52-77-81(69,70)75-48-57(64)49-76-82(71,72)78-53-59(51-74-61(66)45-38-31-24-18-17-22-28-35-42-55(4)5)79-62(67)46-39-32-25-16-14-12-13-15-21-27-34-41-54(2)3/h54-59,64H,8-53H2,1-7H3,(H,69,70)(H,71,72)/t57-,58+,59+/m0/s1. The number of unbranched alkanes of at least 4 members (excludes halogenated alkanes) is 29. The Kier molecular flexibility index (Phi) is 53.2. The molecule has 2 unspecified atom stereocenters. The Balaban J connectivity index is 5.22. The van der Waals surface area contributed by atoms with Gasteiger partial charge in [-0.2, -0.15) is 0 Å². The number of hydrogen-bond acceptors (Lipinski definition) is 15. The Morgan fingerprint density at radius 2 is 0.561 bits per heavy atom. The third-order valence-corrected chi connectivity index (χ3v) is 16.3. The molecule has 0 amide bonds. The number of phosphoric ester groups is 2. The maximum Gasteiger partial charge on any atom is 0.472 e. The average Bonchev–Trinajstić information content (AvgIpc) is 3.42. The highest BCUT2D eigenvalue weighted by Gasteiger charge is 2.30. The third-order valence-electron chi connectivity index (χ3n) is 14.4. The Bertz CT molecular complexity index is 1630. The smallest absolute Gasteiger partial charge is 0.462 e. The van der Waals surface area contributed by atoms with Crippen LogP contribution in [0.2, 0.25) is 0 Å². The summed E-state index contributed by atoms with van der Waals surface area (Å²) in [4.78, 5) is 72.0. The molecule has 82 heavy (non-hydrogen) atoms. The first-order chi connectivity index (χ1) is 39.2. The number of phosphoric acid groups is 2. The fraction of sp³-hybridized carbons (Fsp3) is 0.937. The Hall–Kier alpha value is -1.94. The predicted molar refractivity (Wildman–Crippen MR) is 326 cm³/mol.